The lowest BCUT2D eigenvalue weighted by Gasteiger charge is -2.40. The van der Waals surface area contributed by atoms with Crippen LogP contribution in [-0.4, -0.2) is 69.8 Å². The van der Waals surface area contributed by atoms with E-state index in [-0.39, 0.29) is 11.8 Å². The van der Waals surface area contributed by atoms with Crippen LogP contribution in [0.1, 0.15) is 24.2 Å². The van der Waals surface area contributed by atoms with Crippen molar-refractivity contribution in [2.75, 3.05) is 49.1 Å². The third-order valence-corrected chi connectivity index (χ3v) is 6.99. The van der Waals surface area contributed by atoms with Crippen molar-refractivity contribution in [2.24, 2.45) is 5.92 Å². The van der Waals surface area contributed by atoms with Crippen molar-refractivity contribution in [3.05, 3.63) is 59.1 Å². The van der Waals surface area contributed by atoms with E-state index >= 15 is 0 Å². The molecule has 2 aromatic heterocycles. The van der Waals surface area contributed by atoms with E-state index in [0.29, 0.717) is 6.54 Å². The van der Waals surface area contributed by atoms with Gasteiger partial charge in [-0.05, 0) is 57.0 Å². The highest BCUT2D eigenvalue weighted by atomic mass is 35.5. The molecule has 4 heterocycles. The zero-order valence-corrected chi connectivity index (χ0v) is 20.4. The Morgan fingerprint density at radius 2 is 1.68 bits per heavy atom. The van der Waals surface area contributed by atoms with E-state index in [9.17, 15) is 4.79 Å². The number of halogens is 1. The second-order valence-electron chi connectivity index (χ2n) is 9.15. The smallest absolute Gasteiger partial charge is 0.227 e. The topological polar surface area (TPSA) is 70.4 Å². The van der Waals surface area contributed by atoms with Crippen molar-refractivity contribution in [3.63, 3.8) is 0 Å². The summed E-state index contributed by atoms with van der Waals surface area (Å²) in [5, 5.41) is 5.28. The Morgan fingerprint density at radius 3 is 2.38 bits per heavy atom. The van der Waals surface area contributed by atoms with E-state index < -0.39 is 0 Å². The molecular weight excluding hydrogens is 450 g/mol. The number of aromatic nitrogens is 4. The summed E-state index contributed by atoms with van der Waals surface area (Å²) in [6, 6.07) is 11.9. The van der Waals surface area contributed by atoms with Gasteiger partial charge in [-0.25, -0.2) is 14.6 Å². The van der Waals surface area contributed by atoms with Gasteiger partial charge >= 0.3 is 0 Å². The monoisotopic (exact) mass is 479 g/mol. The number of aryl methyl sites for hydroxylation is 2. The quantitative estimate of drug-likeness (QED) is 0.570. The van der Waals surface area contributed by atoms with E-state index in [0.717, 1.165) is 79.3 Å². The lowest BCUT2D eigenvalue weighted by atomic mass is 9.96. The van der Waals surface area contributed by atoms with Gasteiger partial charge in [0.2, 0.25) is 5.91 Å². The molecule has 34 heavy (non-hydrogen) atoms. The molecule has 1 aromatic carbocycles. The molecule has 0 radical (unpaired) electrons. The molecule has 2 fully saturated rings. The summed E-state index contributed by atoms with van der Waals surface area (Å²) in [7, 11) is 0. The van der Waals surface area contributed by atoms with Crippen molar-refractivity contribution in [2.45, 2.75) is 26.7 Å². The highest BCUT2D eigenvalue weighted by Crippen LogP contribution is 2.26. The highest BCUT2D eigenvalue weighted by Gasteiger charge is 2.31. The lowest BCUT2D eigenvalue weighted by Crippen LogP contribution is -2.52. The average molecular weight is 480 g/mol. The number of nitrogens with zero attached hydrogens (tertiary/aromatic N) is 7. The summed E-state index contributed by atoms with van der Waals surface area (Å²) in [5.41, 5.74) is 3.14. The molecule has 2 saturated heterocycles. The van der Waals surface area contributed by atoms with E-state index in [2.05, 4.69) is 24.9 Å². The van der Waals surface area contributed by atoms with Crippen LogP contribution in [0.4, 0.5) is 11.5 Å². The number of rotatable bonds is 4. The number of hydrogen-bond acceptors (Lipinski definition) is 6. The first-order chi connectivity index (χ1) is 16.5. The van der Waals surface area contributed by atoms with Crippen molar-refractivity contribution < 1.29 is 4.79 Å². The van der Waals surface area contributed by atoms with E-state index in [1.807, 2.05) is 59.8 Å². The number of anilines is 2. The second-order valence-corrected chi connectivity index (χ2v) is 9.58. The fourth-order valence-electron chi connectivity index (χ4n) is 4.97. The molecule has 0 spiro atoms. The van der Waals surface area contributed by atoms with Crippen LogP contribution in [0.2, 0.25) is 5.02 Å². The van der Waals surface area contributed by atoms with Crippen molar-refractivity contribution >= 4 is 29.0 Å². The van der Waals surface area contributed by atoms with Gasteiger partial charge in [-0.3, -0.25) is 4.79 Å². The van der Waals surface area contributed by atoms with Crippen molar-refractivity contribution in [1.82, 2.24) is 24.6 Å². The van der Waals surface area contributed by atoms with E-state index in [1.54, 1.807) is 6.33 Å². The van der Waals surface area contributed by atoms with Gasteiger partial charge in [0.1, 0.15) is 12.1 Å². The third kappa shape index (κ3) is 4.73. The molecule has 3 aromatic rings. The normalized spacial score (nSPS) is 18.9. The van der Waals surface area contributed by atoms with Gasteiger partial charge in [-0.2, -0.15) is 5.10 Å². The first-order valence-corrected chi connectivity index (χ1v) is 12.3. The second kappa shape index (κ2) is 9.62. The Kier molecular flexibility index (Phi) is 6.41. The molecule has 2 aliphatic rings. The lowest BCUT2D eigenvalue weighted by molar-refractivity contribution is -0.136. The minimum absolute atomic E-state index is 0.0112. The first kappa shape index (κ1) is 22.7. The van der Waals surface area contributed by atoms with Crippen molar-refractivity contribution in [3.8, 4) is 5.82 Å². The van der Waals surface area contributed by atoms with E-state index in [1.165, 1.54) is 0 Å². The van der Waals surface area contributed by atoms with Crippen LogP contribution in [0.5, 0.6) is 0 Å². The largest absolute Gasteiger partial charge is 0.368 e. The maximum absolute atomic E-state index is 13.4. The van der Waals surface area contributed by atoms with Crippen LogP contribution in [0.3, 0.4) is 0 Å². The van der Waals surface area contributed by atoms with Crippen LogP contribution in [0.25, 0.3) is 5.82 Å². The minimum atomic E-state index is -0.0112. The van der Waals surface area contributed by atoms with Crippen LogP contribution < -0.4 is 9.80 Å². The molecule has 1 amide bonds. The molecule has 0 saturated carbocycles. The molecule has 1 unspecified atom stereocenters. The highest BCUT2D eigenvalue weighted by molar-refractivity contribution is 6.30. The Bertz CT molecular complexity index is 1150. The van der Waals surface area contributed by atoms with Gasteiger partial charge in [0.05, 0.1) is 11.6 Å². The summed E-state index contributed by atoms with van der Waals surface area (Å²) in [4.78, 5) is 28.9. The molecule has 0 aliphatic carbocycles. The van der Waals surface area contributed by atoms with E-state index in [4.69, 9.17) is 11.6 Å². The number of hydrogen-bond donors (Lipinski definition) is 0. The summed E-state index contributed by atoms with van der Waals surface area (Å²) >= 11 is 6.02. The SMILES string of the molecule is Cc1cc(C)n(-c2cc(N3CCCC(C(=O)N4CCN(c5ccc(Cl)cc5)CC4)C3)ncn2)n1. The average Bonchev–Trinajstić information content (AvgIpc) is 3.22. The molecule has 2 aliphatic heterocycles. The standard InChI is InChI=1S/C25H30ClN7O/c1-18-14-19(2)33(29-18)24-15-23(27-17-28-24)32-9-3-4-20(16-32)25(34)31-12-10-30(11-13-31)22-7-5-21(26)6-8-22/h5-8,14-15,17,20H,3-4,9-13,16H2,1-2H3. The Balaban J connectivity index is 1.23. The molecule has 178 valence electrons. The van der Waals surface area contributed by atoms with Gasteiger partial charge in [-0.15, -0.1) is 0 Å². The number of carbonyl (C=O) groups excluding carboxylic acids is 1. The first-order valence-electron chi connectivity index (χ1n) is 11.9. The molecular formula is C25H30ClN7O. The number of piperazine rings is 1. The Morgan fingerprint density at radius 1 is 0.941 bits per heavy atom. The van der Waals surface area contributed by atoms with Gasteiger partial charge in [0.15, 0.2) is 5.82 Å². The zero-order chi connectivity index (χ0) is 23.7. The summed E-state index contributed by atoms with van der Waals surface area (Å²) in [6.45, 7) is 8.72. The number of benzene rings is 1. The molecule has 5 rings (SSSR count). The van der Waals surface area contributed by atoms with Gasteiger partial charge in [0, 0.05) is 61.7 Å². The summed E-state index contributed by atoms with van der Waals surface area (Å²) in [6.07, 6.45) is 3.48. The minimum Gasteiger partial charge on any atom is -0.368 e. The van der Waals surface area contributed by atoms with Crippen LogP contribution in [-0.2, 0) is 4.79 Å². The van der Waals surface area contributed by atoms with Crippen LogP contribution in [0, 0.1) is 19.8 Å². The number of amides is 1. The fraction of sp³-hybridized carbons (Fsp3) is 0.440. The molecule has 0 bridgehead atoms. The predicted octanol–water partition coefficient (Wildman–Crippen LogP) is 3.50. The van der Waals surface area contributed by atoms with Gasteiger partial charge in [0.25, 0.3) is 0 Å². The molecule has 9 heteroatoms. The van der Waals surface area contributed by atoms with Crippen LogP contribution in [0.15, 0.2) is 42.7 Å². The molecule has 1 atom stereocenters. The predicted molar refractivity (Wildman–Crippen MR) is 134 cm³/mol. The third-order valence-electron chi connectivity index (χ3n) is 6.74. The molecule has 8 nitrogen and oxygen atoms in total. The summed E-state index contributed by atoms with van der Waals surface area (Å²) in [5.74, 6) is 1.85. The fourth-order valence-corrected chi connectivity index (χ4v) is 5.09. The number of carbonyl (C=O) groups is 1. The molecule has 0 N–H and O–H groups in total. The van der Waals surface area contributed by atoms with Gasteiger partial charge in [-0.1, -0.05) is 11.6 Å². The maximum Gasteiger partial charge on any atom is 0.227 e. The summed E-state index contributed by atoms with van der Waals surface area (Å²) < 4.78 is 1.84. The Hall–Kier alpha value is -3.13. The number of piperidine rings is 1. The van der Waals surface area contributed by atoms with Crippen molar-refractivity contribution in [1.29, 1.82) is 0 Å². The van der Waals surface area contributed by atoms with Gasteiger partial charge < -0.3 is 14.7 Å². The van der Waals surface area contributed by atoms with Crippen LogP contribution >= 0.6 is 11.6 Å². The zero-order valence-electron chi connectivity index (χ0n) is 19.7. The maximum atomic E-state index is 13.4. The Labute approximate surface area is 205 Å².